The molecule has 1 aromatic carbocycles. The SMILES string of the molecule is CC(=O)On1ccc2cc(Oc3ccc(Br)cn3)ccc21. The summed E-state index contributed by atoms with van der Waals surface area (Å²) in [7, 11) is 0. The molecule has 2 aromatic heterocycles. The monoisotopic (exact) mass is 346 g/mol. The average molecular weight is 347 g/mol. The van der Waals surface area contributed by atoms with Crippen molar-refractivity contribution >= 4 is 32.8 Å². The highest BCUT2D eigenvalue weighted by molar-refractivity contribution is 9.10. The molecular weight excluding hydrogens is 336 g/mol. The van der Waals surface area contributed by atoms with E-state index in [2.05, 4.69) is 20.9 Å². The molecule has 0 fully saturated rings. The first-order chi connectivity index (χ1) is 10.1. The highest BCUT2D eigenvalue weighted by Crippen LogP contribution is 2.25. The van der Waals surface area contributed by atoms with Crippen molar-refractivity contribution in [3.8, 4) is 11.6 Å². The van der Waals surface area contributed by atoms with Crippen LogP contribution in [0.2, 0.25) is 0 Å². The van der Waals surface area contributed by atoms with Gasteiger partial charge < -0.3 is 9.57 Å². The first kappa shape index (κ1) is 13.6. The molecule has 0 atom stereocenters. The van der Waals surface area contributed by atoms with Gasteiger partial charge in [-0.25, -0.2) is 9.78 Å². The van der Waals surface area contributed by atoms with Gasteiger partial charge in [0.15, 0.2) is 0 Å². The number of pyridine rings is 1. The minimum Gasteiger partial charge on any atom is -0.439 e. The lowest BCUT2D eigenvalue weighted by Gasteiger charge is -2.06. The topological polar surface area (TPSA) is 53.4 Å². The fourth-order valence-corrected chi connectivity index (χ4v) is 2.15. The minimum atomic E-state index is -0.369. The molecular formula is C15H11BrN2O3. The summed E-state index contributed by atoms with van der Waals surface area (Å²) in [5, 5.41) is 0.908. The lowest BCUT2D eigenvalue weighted by atomic mass is 10.2. The molecule has 21 heavy (non-hydrogen) atoms. The molecule has 106 valence electrons. The lowest BCUT2D eigenvalue weighted by molar-refractivity contribution is -0.140. The third-order valence-corrected chi connectivity index (χ3v) is 3.24. The van der Waals surface area contributed by atoms with Crippen LogP contribution in [0.25, 0.3) is 10.9 Å². The van der Waals surface area contributed by atoms with Crippen LogP contribution in [0.1, 0.15) is 6.92 Å². The van der Waals surface area contributed by atoms with Crippen LogP contribution < -0.4 is 9.57 Å². The Morgan fingerprint density at radius 2 is 2.10 bits per heavy atom. The van der Waals surface area contributed by atoms with Crippen molar-refractivity contribution in [2.45, 2.75) is 6.92 Å². The van der Waals surface area contributed by atoms with Crippen molar-refractivity contribution in [3.63, 3.8) is 0 Å². The summed E-state index contributed by atoms with van der Waals surface area (Å²) in [6, 6.07) is 11.0. The zero-order chi connectivity index (χ0) is 14.8. The van der Waals surface area contributed by atoms with E-state index in [-0.39, 0.29) is 5.97 Å². The number of hydrogen-bond donors (Lipinski definition) is 0. The summed E-state index contributed by atoms with van der Waals surface area (Å²) in [5.74, 6) is 0.807. The van der Waals surface area contributed by atoms with Gasteiger partial charge in [0.25, 0.3) is 0 Å². The van der Waals surface area contributed by atoms with Crippen molar-refractivity contribution in [3.05, 3.63) is 53.3 Å². The molecule has 0 radical (unpaired) electrons. The van der Waals surface area contributed by atoms with Gasteiger partial charge in [-0.1, -0.05) is 0 Å². The first-order valence-corrected chi connectivity index (χ1v) is 7.00. The lowest BCUT2D eigenvalue weighted by Crippen LogP contribution is -2.14. The number of aromatic nitrogens is 2. The van der Waals surface area contributed by atoms with Crippen LogP contribution in [0, 0.1) is 0 Å². The Bertz CT molecular complexity index is 796. The van der Waals surface area contributed by atoms with E-state index in [1.165, 1.54) is 11.7 Å². The third kappa shape index (κ3) is 3.05. The van der Waals surface area contributed by atoms with E-state index in [0.29, 0.717) is 11.6 Å². The number of nitrogens with zero attached hydrogens (tertiary/aromatic N) is 2. The molecule has 5 nitrogen and oxygen atoms in total. The number of halogens is 1. The maximum Gasteiger partial charge on any atom is 0.329 e. The van der Waals surface area contributed by atoms with Gasteiger partial charge in [0.05, 0.1) is 5.52 Å². The van der Waals surface area contributed by atoms with E-state index < -0.39 is 0 Å². The van der Waals surface area contributed by atoms with Gasteiger partial charge in [-0.3, -0.25) is 0 Å². The molecule has 0 aliphatic heterocycles. The molecule has 6 heteroatoms. The number of hydrogen-bond acceptors (Lipinski definition) is 4. The molecule has 0 unspecified atom stereocenters. The molecule has 0 amide bonds. The summed E-state index contributed by atoms with van der Waals surface area (Å²) < 4.78 is 8.01. The largest absolute Gasteiger partial charge is 0.439 e. The third-order valence-electron chi connectivity index (χ3n) is 2.78. The van der Waals surface area contributed by atoms with Crippen LogP contribution in [-0.4, -0.2) is 15.7 Å². The van der Waals surface area contributed by atoms with Crippen LogP contribution >= 0.6 is 15.9 Å². The van der Waals surface area contributed by atoms with Gasteiger partial charge in [-0.2, -0.15) is 4.73 Å². The predicted octanol–water partition coefficient (Wildman–Crippen LogP) is 3.57. The second-order valence-corrected chi connectivity index (χ2v) is 5.28. The van der Waals surface area contributed by atoms with E-state index in [1.807, 2.05) is 24.3 Å². The fourth-order valence-electron chi connectivity index (χ4n) is 1.92. The Kier molecular flexibility index (Phi) is 3.62. The standard InChI is InChI=1S/C15H11BrN2O3/c1-10(19)21-18-7-6-11-8-13(3-4-14(11)18)20-15-5-2-12(16)9-17-15/h2-9H,1H3. The molecule has 2 heterocycles. The van der Waals surface area contributed by atoms with E-state index in [1.54, 1.807) is 24.5 Å². The zero-order valence-electron chi connectivity index (χ0n) is 11.1. The van der Waals surface area contributed by atoms with Gasteiger partial charge >= 0.3 is 5.97 Å². The molecule has 0 saturated heterocycles. The van der Waals surface area contributed by atoms with Gasteiger partial charge in [-0.15, -0.1) is 0 Å². The second-order valence-electron chi connectivity index (χ2n) is 4.36. The Morgan fingerprint density at radius 1 is 1.24 bits per heavy atom. The second kappa shape index (κ2) is 5.57. The average Bonchev–Trinajstić information content (AvgIpc) is 2.83. The Morgan fingerprint density at radius 3 is 2.81 bits per heavy atom. The van der Waals surface area contributed by atoms with E-state index >= 15 is 0 Å². The predicted molar refractivity (Wildman–Crippen MR) is 81.2 cm³/mol. The minimum absolute atomic E-state index is 0.369. The molecule has 0 saturated carbocycles. The number of rotatable bonds is 3. The van der Waals surface area contributed by atoms with Crippen LogP contribution in [0.4, 0.5) is 0 Å². The molecule has 0 spiro atoms. The maximum absolute atomic E-state index is 11.0. The molecule has 0 bridgehead atoms. The van der Waals surface area contributed by atoms with Crippen LogP contribution in [0.5, 0.6) is 11.6 Å². The van der Waals surface area contributed by atoms with Gasteiger partial charge in [0.1, 0.15) is 5.75 Å². The smallest absolute Gasteiger partial charge is 0.329 e. The molecule has 3 rings (SSSR count). The normalized spacial score (nSPS) is 10.6. The summed E-state index contributed by atoms with van der Waals surface area (Å²) in [5.41, 5.74) is 0.793. The molecule has 0 N–H and O–H groups in total. The number of carbonyl (C=O) groups is 1. The maximum atomic E-state index is 11.0. The van der Waals surface area contributed by atoms with E-state index in [0.717, 1.165) is 15.4 Å². The summed E-state index contributed by atoms with van der Waals surface area (Å²) >= 11 is 3.32. The molecule has 0 aliphatic rings. The summed E-state index contributed by atoms with van der Waals surface area (Å²) in [6.07, 6.45) is 3.36. The van der Waals surface area contributed by atoms with Crippen molar-refractivity contribution < 1.29 is 14.4 Å². The summed E-state index contributed by atoms with van der Waals surface area (Å²) in [4.78, 5) is 20.2. The first-order valence-electron chi connectivity index (χ1n) is 6.21. The fraction of sp³-hybridized carbons (Fsp3) is 0.0667. The van der Waals surface area contributed by atoms with E-state index in [4.69, 9.17) is 9.57 Å². The van der Waals surface area contributed by atoms with Gasteiger partial charge in [0.2, 0.25) is 5.88 Å². The zero-order valence-corrected chi connectivity index (χ0v) is 12.7. The van der Waals surface area contributed by atoms with Crippen molar-refractivity contribution in [2.75, 3.05) is 0 Å². The van der Waals surface area contributed by atoms with Gasteiger partial charge in [0, 0.05) is 35.2 Å². The van der Waals surface area contributed by atoms with E-state index in [9.17, 15) is 4.79 Å². The Labute approximate surface area is 129 Å². The highest BCUT2D eigenvalue weighted by atomic mass is 79.9. The van der Waals surface area contributed by atoms with Crippen molar-refractivity contribution in [1.29, 1.82) is 0 Å². The quantitative estimate of drug-likeness (QED) is 0.727. The number of fused-ring (bicyclic) bond motifs is 1. The van der Waals surface area contributed by atoms with Crippen LogP contribution in [0.3, 0.4) is 0 Å². The summed E-state index contributed by atoms with van der Waals surface area (Å²) in [6.45, 7) is 1.36. The van der Waals surface area contributed by atoms with Gasteiger partial charge in [-0.05, 0) is 46.3 Å². The Hall–Kier alpha value is -2.34. The van der Waals surface area contributed by atoms with Crippen LogP contribution in [0.15, 0.2) is 53.3 Å². The van der Waals surface area contributed by atoms with Crippen molar-refractivity contribution in [2.24, 2.45) is 0 Å². The van der Waals surface area contributed by atoms with Crippen LogP contribution in [-0.2, 0) is 4.79 Å². The highest BCUT2D eigenvalue weighted by Gasteiger charge is 2.06. The number of carbonyl (C=O) groups excluding carboxylic acids is 1. The molecule has 3 aromatic rings. The Balaban J connectivity index is 1.87. The van der Waals surface area contributed by atoms with Crippen molar-refractivity contribution in [1.82, 2.24) is 9.71 Å². The number of benzene rings is 1. The molecule has 0 aliphatic carbocycles. The number of ether oxygens (including phenoxy) is 1.